The Morgan fingerprint density at radius 2 is 1.07 bits per heavy atom. The highest BCUT2D eigenvalue weighted by Crippen LogP contribution is 2.49. The fourth-order valence-corrected chi connectivity index (χ4v) is 4.59. The number of hydrogen-bond acceptors (Lipinski definition) is 2. The summed E-state index contributed by atoms with van der Waals surface area (Å²) in [7, 11) is 0. The molecule has 2 heterocycles. The molecule has 0 unspecified atom stereocenters. The van der Waals surface area contributed by atoms with Crippen molar-refractivity contribution < 1.29 is 9.59 Å². The lowest BCUT2D eigenvalue weighted by Crippen LogP contribution is -2.49. The van der Waals surface area contributed by atoms with Crippen molar-refractivity contribution in [3.8, 4) is 0 Å². The highest BCUT2D eigenvalue weighted by atomic mass is 16.2. The van der Waals surface area contributed by atoms with E-state index >= 15 is 0 Å². The molecule has 0 bridgehead atoms. The summed E-state index contributed by atoms with van der Waals surface area (Å²) < 4.78 is 0. The zero-order chi connectivity index (χ0) is 18.4. The third kappa shape index (κ3) is 2.75. The van der Waals surface area contributed by atoms with E-state index in [4.69, 9.17) is 0 Å². The number of carbonyl (C=O) groups is 2. The largest absolute Gasteiger partial charge is 0.337 e. The third-order valence-corrected chi connectivity index (χ3v) is 6.40. The van der Waals surface area contributed by atoms with Crippen LogP contribution in [0.25, 0.3) is 0 Å². The minimum atomic E-state index is -0.793. The van der Waals surface area contributed by atoms with Gasteiger partial charge in [-0.15, -0.1) is 0 Å². The summed E-state index contributed by atoms with van der Waals surface area (Å²) in [5.74, 6) is 0.0849. The van der Waals surface area contributed by atoms with Crippen molar-refractivity contribution in [3.05, 3.63) is 70.8 Å². The van der Waals surface area contributed by atoms with Gasteiger partial charge in [0.1, 0.15) is 5.41 Å². The van der Waals surface area contributed by atoms with Gasteiger partial charge in [0.05, 0.1) is 0 Å². The van der Waals surface area contributed by atoms with E-state index in [2.05, 4.69) is 36.4 Å². The molecule has 2 amide bonds. The van der Waals surface area contributed by atoms with E-state index in [1.54, 1.807) is 0 Å². The number of amides is 2. The predicted molar refractivity (Wildman–Crippen MR) is 103 cm³/mol. The second-order valence-corrected chi connectivity index (χ2v) is 8.07. The van der Waals surface area contributed by atoms with Crippen molar-refractivity contribution in [1.29, 1.82) is 0 Å². The molecule has 0 radical (unpaired) electrons. The molecule has 0 saturated heterocycles. The topological polar surface area (TPSA) is 40.6 Å². The molecule has 0 spiro atoms. The third-order valence-electron chi connectivity index (χ3n) is 6.40. The van der Waals surface area contributed by atoms with Gasteiger partial charge in [0.25, 0.3) is 0 Å². The molecule has 138 valence electrons. The molecule has 1 saturated carbocycles. The molecule has 3 aliphatic rings. The molecule has 5 rings (SSSR count). The lowest BCUT2D eigenvalue weighted by atomic mass is 9.94. The molecule has 0 N–H and O–H groups in total. The summed E-state index contributed by atoms with van der Waals surface area (Å²) in [5.41, 5.74) is 4.29. The Kier molecular flexibility index (Phi) is 3.81. The Bertz CT molecular complexity index is 845. The first-order valence-electron chi connectivity index (χ1n) is 9.90. The number of nitrogens with zero attached hydrogens (tertiary/aromatic N) is 2. The summed E-state index contributed by atoms with van der Waals surface area (Å²) in [6.45, 7) is 2.70. The van der Waals surface area contributed by atoms with Gasteiger partial charge in [0.15, 0.2) is 0 Å². The monoisotopic (exact) mass is 360 g/mol. The molecule has 0 atom stereocenters. The molecule has 27 heavy (non-hydrogen) atoms. The van der Waals surface area contributed by atoms with Crippen LogP contribution < -0.4 is 0 Å². The molecule has 1 aliphatic carbocycles. The maximum Gasteiger partial charge on any atom is 0.238 e. The maximum atomic E-state index is 13.3. The van der Waals surface area contributed by atoms with Crippen LogP contribution in [0.3, 0.4) is 0 Å². The Morgan fingerprint density at radius 1 is 0.667 bits per heavy atom. The van der Waals surface area contributed by atoms with Crippen LogP contribution in [0.4, 0.5) is 0 Å². The van der Waals surface area contributed by atoms with E-state index < -0.39 is 5.41 Å². The van der Waals surface area contributed by atoms with Gasteiger partial charge in [0, 0.05) is 26.2 Å². The zero-order valence-corrected chi connectivity index (χ0v) is 15.5. The van der Waals surface area contributed by atoms with E-state index in [-0.39, 0.29) is 11.8 Å². The van der Waals surface area contributed by atoms with Crippen LogP contribution in [0.2, 0.25) is 0 Å². The number of fused-ring (bicyclic) bond motifs is 2. The fraction of sp³-hybridized carbons (Fsp3) is 0.391. The van der Waals surface area contributed by atoms with E-state index in [0.29, 0.717) is 39.0 Å². The lowest BCUT2D eigenvalue weighted by Gasteiger charge is -2.35. The predicted octanol–water partition coefficient (Wildman–Crippen LogP) is 2.94. The van der Waals surface area contributed by atoms with Crippen LogP contribution in [0.15, 0.2) is 48.5 Å². The van der Waals surface area contributed by atoms with Gasteiger partial charge in [-0.3, -0.25) is 9.59 Å². The average Bonchev–Trinajstić information content (AvgIpc) is 3.54. The fourth-order valence-electron chi connectivity index (χ4n) is 4.59. The van der Waals surface area contributed by atoms with Crippen LogP contribution in [0.5, 0.6) is 0 Å². The quantitative estimate of drug-likeness (QED) is 0.773. The maximum absolute atomic E-state index is 13.3. The first-order valence-corrected chi connectivity index (χ1v) is 9.90. The van der Waals surface area contributed by atoms with E-state index in [9.17, 15) is 9.59 Å². The molecule has 2 aliphatic heterocycles. The number of rotatable bonds is 2. The van der Waals surface area contributed by atoms with Gasteiger partial charge in [-0.05, 0) is 47.9 Å². The summed E-state index contributed by atoms with van der Waals surface area (Å²) in [6.07, 6.45) is 3.15. The van der Waals surface area contributed by atoms with Gasteiger partial charge < -0.3 is 9.80 Å². The van der Waals surface area contributed by atoms with Crippen LogP contribution in [-0.4, -0.2) is 34.7 Å². The Hall–Kier alpha value is -2.62. The molecule has 2 aromatic carbocycles. The normalized spacial score (nSPS) is 19.9. The Balaban J connectivity index is 1.33. The van der Waals surface area contributed by atoms with E-state index in [0.717, 1.165) is 12.8 Å². The van der Waals surface area contributed by atoms with Gasteiger partial charge in [0.2, 0.25) is 11.8 Å². The first kappa shape index (κ1) is 16.5. The van der Waals surface area contributed by atoms with E-state index in [1.165, 1.54) is 22.3 Å². The molecule has 0 aromatic heterocycles. The average molecular weight is 360 g/mol. The summed E-state index contributed by atoms with van der Waals surface area (Å²) in [6, 6.07) is 16.6. The number of benzene rings is 2. The van der Waals surface area contributed by atoms with Crippen LogP contribution in [0, 0.1) is 5.41 Å². The van der Waals surface area contributed by atoms with Crippen LogP contribution >= 0.6 is 0 Å². The second-order valence-electron chi connectivity index (χ2n) is 8.07. The summed E-state index contributed by atoms with van der Waals surface area (Å²) in [4.78, 5) is 30.4. The summed E-state index contributed by atoms with van der Waals surface area (Å²) in [5, 5.41) is 0. The van der Waals surface area contributed by atoms with Crippen molar-refractivity contribution >= 4 is 11.8 Å². The lowest BCUT2D eigenvalue weighted by molar-refractivity contribution is -0.150. The van der Waals surface area contributed by atoms with Crippen molar-refractivity contribution in [1.82, 2.24) is 9.80 Å². The van der Waals surface area contributed by atoms with Gasteiger partial charge in [-0.1, -0.05) is 48.5 Å². The van der Waals surface area contributed by atoms with Gasteiger partial charge in [-0.2, -0.15) is 0 Å². The molecule has 4 heteroatoms. The minimum absolute atomic E-state index is 0.0425. The van der Waals surface area contributed by atoms with Crippen molar-refractivity contribution in [2.75, 3.05) is 13.1 Å². The minimum Gasteiger partial charge on any atom is -0.337 e. The Labute approximate surface area is 159 Å². The van der Waals surface area contributed by atoms with E-state index in [1.807, 2.05) is 21.9 Å². The molecule has 1 fully saturated rings. The van der Waals surface area contributed by atoms with Crippen molar-refractivity contribution in [2.24, 2.45) is 5.41 Å². The van der Waals surface area contributed by atoms with Crippen LogP contribution in [-0.2, 0) is 35.5 Å². The number of carbonyl (C=O) groups excluding carboxylic acids is 2. The molecular formula is C23H24N2O2. The number of hydrogen-bond donors (Lipinski definition) is 0. The standard InChI is InChI=1S/C23H24N2O2/c26-21(24-13-9-17-5-1-3-7-19(17)15-24)23(11-12-23)22(27)25-14-10-18-6-2-4-8-20(18)16-25/h1-8H,9-16H2. The molecule has 2 aromatic rings. The van der Waals surface area contributed by atoms with Crippen molar-refractivity contribution in [3.63, 3.8) is 0 Å². The highest BCUT2D eigenvalue weighted by Gasteiger charge is 2.59. The molecular weight excluding hydrogens is 336 g/mol. The van der Waals surface area contributed by atoms with Crippen LogP contribution in [0.1, 0.15) is 35.1 Å². The zero-order valence-electron chi connectivity index (χ0n) is 15.5. The van der Waals surface area contributed by atoms with Gasteiger partial charge >= 0.3 is 0 Å². The van der Waals surface area contributed by atoms with Gasteiger partial charge in [-0.25, -0.2) is 0 Å². The van der Waals surface area contributed by atoms with Crippen molar-refractivity contribution in [2.45, 2.75) is 38.8 Å². The summed E-state index contributed by atoms with van der Waals surface area (Å²) >= 11 is 0. The highest BCUT2D eigenvalue weighted by molar-refractivity contribution is 6.08. The Morgan fingerprint density at radius 3 is 1.48 bits per heavy atom. The second kappa shape index (κ2) is 6.22. The first-order chi connectivity index (χ1) is 13.2. The molecule has 4 nitrogen and oxygen atoms in total. The SMILES string of the molecule is O=C(N1CCc2ccccc2C1)C1(C(=O)N2CCc3ccccc3C2)CC1. The smallest absolute Gasteiger partial charge is 0.238 e.